The molecule has 0 aromatic carbocycles. The minimum Gasteiger partial charge on any atom is -0.380 e. The SMILES string of the molecule is CCOCC(NCc1c(Cl)c(C)nn1CC)C(C)C. The smallest absolute Gasteiger partial charge is 0.0860 e. The number of hydrogen-bond donors (Lipinski definition) is 1. The molecule has 1 aromatic rings. The fourth-order valence-corrected chi connectivity index (χ4v) is 2.20. The molecule has 0 aliphatic carbocycles. The molecule has 0 bridgehead atoms. The van der Waals surface area contributed by atoms with Crippen LogP contribution in [0.4, 0.5) is 0 Å². The van der Waals surface area contributed by atoms with Crippen LogP contribution in [0.5, 0.6) is 0 Å². The molecule has 110 valence electrons. The van der Waals surface area contributed by atoms with E-state index < -0.39 is 0 Å². The summed E-state index contributed by atoms with van der Waals surface area (Å²) in [6.07, 6.45) is 0. The van der Waals surface area contributed by atoms with Crippen LogP contribution in [0.15, 0.2) is 0 Å². The summed E-state index contributed by atoms with van der Waals surface area (Å²) in [6.45, 7) is 13.5. The van der Waals surface area contributed by atoms with Crippen LogP contribution in [-0.4, -0.2) is 29.0 Å². The summed E-state index contributed by atoms with van der Waals surface area (Å²) in [4.78, 5) is 0. The molecule has 1 heterocycles. The van der Waals surface area contributed by atoms with Crippen molar-refractivity contribution in [1.82, 2.24) is 15.1 Å². The second-order valence-electron chi connectivity index (χ2n) is 5.05. The molecule has 0 saturated heterocycles. The van der Waals surface area contributed by atoms with E-state index in [2.05, 4.69) is 31.2 Å². The van der Waals surface area contributed by atoms with Crippen molar-refractivity contribution in [3.8, 4) is 0 Å². The van der Waals surface area contributed by atoms with Crippen LogP contribution >= 0.6 is 11.6 Å². The van der Waals surface area contributed by atoms with Gasteiger partial charge in [0.2, 0.25) is 0 Å². The minimum absolute atomic E-state index is 0.330. The summed E-state index contributed by atoms with van der Waals surface area (Å²) in [7, 11) is 0. The maximum Gasteiger partial charge on any atom is 0.0860 e. The molecule has 1 aromatic heterocycles. The first-order valence-corrected chi connectivity index (χ1v) is 7.41. The van der Waals surface area contributed by atoms with Gasteiger partial charge in [0.05, 0.1) is 23.0 Å². The third kappa shape index (κ3) is 4.48. The van der Waals surface area contributed by atoms with Gasteiger partial charge in [-0.2, -0.15) is 5.10 Å². The largest absolute Gasteiger partial charge is 0.380 e. The second kappa shape index (κ2) is 7.88. The lowest BCUT2D eigenvalue weighted by molar-refractivity contribution is 0.107. The lowest BCUT2D eigenvalue weighted by Gasteiger charge is -2.22. The Hall–Kier alpha value is -0.580. The van der Waals surface area contributed by atoms with Crippen LogP contribution in [-0.2, 0) is 17.8 Å². The van der Waals surface area contributed by atoms with E-state index in [-0.39, 0.29) is 0 Å². The number of halogens is 1. The highest BCUT2D eigenvalue weighted by atomic mass is 35.5. The van der Waals surface area contributed by atoms with Crippen molar-refractivity contribution in [3.63, 3.8) is 0 Å². The molecule has 0 saturated carbocycles. The summed E-state index contributed by atoms with van der Waals surface area (Å²) in [5.41, 5.74) is 1.95. The molecule has 4 nitrogen and oxygen atoms in total. The van der Waals surface area contributed by atoms with Gasteiger partial charge in [-0.15, -0.1) is 0 Å². The van der Waals surface area contributed by atoms with Gasteiger partial charge in [0.15, 0.2) is 0 Å². The third-order valence-corrected chi connectivity index (χ3v) is 3.78. The molecule has 5 heteroatoms. The average Bonchev–Trinajstić information content (AvgIpc) is 2.65. The Labute approximate surface area is 121 Å². The van der Waals surface area contributed by atoms with Gasteiger partial charge in [0, 0.05) is 25.7 Å². The van der Waals surface area contributed by atoms with Crippen molar-refractivity contribution in [2.45, 2.75) is 53.8 Å². The zero-order valence-electron chi connectivity index (χ0n) is 12.7. The molecular formula is C14H26ClN3O. The molecule has 0 aliphatic rings. The quantitative estimate of drug-likeness (QED) is 0.799. The summed E-state index contributed by atoms with van der Waals surface area (Å²) in [5.74, 6) is 0.518. The minimum atomic E-state index is 0.330. The molecule has 1 atom stereocenters. The topological polar surface area (TPSA) is 39.1 Å². The highest BCUT2D eigenvalue weighted by Crippen LogP contribution is 2.20. The van der Waals surface area contributed by atoms with Crippen LogP contribution in [0.25, 0.3) is 0 Å². The molecular weight excluding hydrogens is 262 g/mol. The Morgan fingerprint density at radius 3 is 2.58 bits per heavy atom. The first kappa shape index (κ1) is 16.5. The first-order chi connectivity index (χ1) is 9.01. The number of ether oxygens (including phenoxy) is 1. The van der Waals surface area contributed by atoms with E-state index in [0.717, 1.165) is 42.7 Å². The van der Waals surface area contributed by atoms with Crippen molar-refractivity contribution in [2.75, 3.05) is 13.2 Å². The molecule has 0 aliphatic heterocycles. The highest BCUT2D eigenvalue weighted by Gasteiger charge is 2.17. The lowest BCUT2D eigenvalue weighted by Crippen LogP contribution is -2.38. The van der Waals surface area contributed by atoms with Crippen LogP contribution in [0.1, 0.15) is 39.1 Å². The molecule has 0 amide bonds. The van der Waals surface area contributed by atoms with E-state index in [4.69, 9.17) is 16.3 Å². The van der Waals surface area contributed by atoms with Crippen LogP contribution in [0.3, 0.4) is 0 Å². The van der Waals surface area contributed by atoms with E-state index in [1.54, 1.807) is 0 Å². The summed E-state index contributed by atoms with van der Waals surface area (Å²) >= 11 is 6.31. The van der Waals surface area contributed by atoms with Gasteiger partial charge < -0.3 is 10.1 Å². The Morgan fingerprint density at radius 2 is 2.05 bits per heavy atom. The number of nitrogens with zero attached hydrogens (tertiary/aromatic N) is 2. The predicted molar refractivity (Wildman–Crippen MR) is 79.6 cm³/mol. The Kier molecular flexibility index (Phi) is 6.83. The Morgan fingerprint density at radius 1 is 1.37 bits per heavy atom. The number of nitrogens with one attached hydrogen (secondary N) is 1. The maximum atomic E-state index is 6.31. The second-order valence-corrected chi connectivity index (χ2v) is 5.43. The van der Waals surface area contributed by atoms with Crippen molar-refractivity contribution in [3.05, 3.63) is 16.4 Å². The van der Waals surface area contributed by atoms with Crippen molar-refractivity contribution < 1.29 is 4.74 Å². The first-order valence-electron chi connectivity index (χ1n) is 7.04. The van der Waals surface area contributed by atoms with Crippen LogP contribution in [0.2, 0.25) is 5.02 Å². The molecule has 0 radical (unpaired) electrons. The fourth-order valence-electron chi connectivity index (χ4n) is 2.00. The van der Waals surface area contributed by atoms with Gasteiger partial charge in [0.1, 0.15) is 0 Å². The van der Waals surface area contributed by atoms with Crippen molar-refractivity contribution in [1.29, 1.82) is 0 Å². The van der Waals surface area contributed by atoms with Gasteiger partial charge in [-0.05, 0) is 26.7 Å². The van der Waals surface area contributed by atoms with E-state index in [1.807, 2.05) is 18.5 Å². The Bertz CT molecular complexity index is 390. The number of hydrogen-bond acceptors (Lipinski definition) is 3. The zero-order valence-corrected chi connectivity index (χ0v) is 13.4. The molecule has 1 N–H and O–H groups in total. The maximum absolute atomic E-state index is 6.31. The van der Waals surface area contributed by atoms with E-state index in [1.165, 1.54) is 0 Å². The molecule has 1 rings (SSSR count). The van der Waals surface area contributed by atoms with Gasteiger partial charge in [0.25, 0.3) is 0 Å². The third-order valence-electron chi connectivity index (χ3n) is 3.29. The van der Waals surface area contributed by atoms with Gasteiger partial charge in [-0.1, -0.05) is 25.4 Å². The summed E-state index contributed by atoms with van der Waals surface area (Å²) in [6, 6.07) is 0.330. The lowest BCUT2D eigenvalue weighted by atomic mass is 10.1. The molecule has 19 heavy (non-hydrogen) atoms. The summed E-state index contributed by atoms with van der Waals surface area (Å²) in [5, 5.41) is 8.73. The summed E-state index contributed by atoms with van der Waals surface area (Å²) < 4.78 is 7.48. The van der Waals surface area contributed by atoms with E-state index in [0.29, 0.717) is 12.0 Å². The van der Waals surface area contributed by atoms with Gasteiger partial charge in [-0.3, -0.25) is 4.68 Å². The van der Waals surface area contributed by atoms with E-state index in [9.17, 15) is 0 Å². The Balaban J connectivity index is 2.68. The van der Waals surface area contributed by atoms with Gasteiger partial charge >= 0.3 is 0 Å². The van der Waals surface area contributed by atoms with Crippen molar-refractivity contribution >= 4 is 11.6 Å². The van der Waals surface area contributed by atoms with E-state index >= 15 is 0 Å². The van der Waals surface area contributed by atoms with Gasteiger partial charge in [-0.25, -0.2) is 0 Å². The predicted octanol–water partition coefficient (Wildman–Crippen LogP) is 3.02. The number of rotatable bonds is 8. The van der Waals surface area contributed by atoms with Crippen molar-refractivity contribution in [2.24, 2.45) is 5.92 Å². The zero-order chi connectivity index (χ0) is 14.4. The number of aryl methyl sites for hydroxylation is 2. The average molecular weight is 288 g/mol. The number of aromatic nitrogens is 2. The fraction of sp³-hybridized carbons (Fsp3) is 0.786. The monoisotopic (exact) mass is 287 g/mol. The standard InChI is InChI=1S/C14H26ClN3O/c1-6-18-13(14(15)11(5)17-18)8-16-12(10(3)4)9-19-7-2/h10,12,16H,6-9H2,1-5H3. The molecule has 1 unspecified atom stereocenters. The molecule has 0 fully saturated rings. The molecule has 0 spiro atoms. The van der Waals surface area contributed by atoms with Crippen LogP contribution < -0.4 is 5.32 Å². The normalized spacial score (nSPS) is 13.2. The van der Waals surface area contributed by atoms with Crippen LogP contribution in [0, 0.1) is 12.8 Å². The highest BCUT2D eigenvalue weighted by molar-refractivity contribution is 6.31.